The zero-order valence-electron chi connectivity index (χ0n) is 12.9. The second-order valence-electron chi connectivity index (χ2n) is 6.99. The Morgan fingerprint density at radius 2 is 2.30 bits per heavy atom. The summed E-state index contributed by atoms with van der Waals surface area (Å²) in [6.45, 7) is 8.57. The molecular formula is C15H27N3OS. The SMILES string of the molecule is C[C@@H]1C/C(=N\NC(=S)NC[C@H]2CCCO2)CC(C)(C)C1. The molecule has 0 radical (unpaired) electrons. The van der Waals surface area contributed by atoms with Gasteiger partial charge >= 0.3 is 0 Å². The Morgan fingerprint density at radius 1 is 1.50 bits per heavy atom. The summed E-state index contributed by atoms with van der Waals surface area (Å²) < 4.78 is 5.55. The van der Waals surface area contributed by atoms with E-state index >= 15 is 0 Å². The first-order valence-corrected chi connectivity index (χ1v) is 8.06. The zero-order chi connectivity index (χ0) is 14.6. The van der Waals surface area contributed by atoms with E-state index in [0.717, 1.165) is 38.8 Å². The van der Waals surface area contributed by atoms with E-state index in [1.54, 1.807) is 0 Å². The molecule has 20 heavy (non-hydrogen) atoms. The molecule has 0 unspecified atom stereocenters. The molecule has 2 aliphatic rings. The highest BCUT2D eigenvalue weighted by molar-refractivity contribution is 7.80. The molecular weight excluding hydrogens is 270 g/mol. The summed E-state index contributed by atoms with van der Waals surface area (Å²) in [4.78, 5) is 0. The molecule has 2 atom stereocenters. The van der Waals surface area contributed by atoms with Crippen molar-refractivity contribution in [3.63, 3.8) is 0 Å². The van der Waals surface area contributed by atoms with Gasteiger partial charge in [-0.1, -0.05) is 20.8 Å². The molecule has 0 bridgehead atoms. The number of rotatable bonds is 3. The van der Waals surface area contributed by atoms with Crippen molar-refractivity contribution < 1.29 is 4.74 Å². The summed E-state index contributed by atoms with van der Waals surface area (Å²) in [5.74, 6) is 0.702. The predicted octanol–water partition coefficient (Wildman–Crippen LogP) is 2.83. The maximum Gasteiger partial charge on any atom is 0.187 e. The molecule has 0 spiro atoms. The van der Waals surface area contributed by atoms with Gasteiger partial charge in [-0.2, -0.15) is 5.10 Å². The Labute approximate surface area is 127 Å². The van der Waals surface area contributed by atoms with Gasteiger partial charge < -0.3 is 10.1 Å². The molecule has 1 aliphatic carbocycles. The number of hydrazone groups is 1. The molecule has 1 saturated carbocycles. The Bertz CT molecular complexity index is 375. The van der Waals surface area contributed by atoms with E-state index in [4.69, 9.17) is 17.0 Å². The summed E-state index contributed by atoms with van der Waals surface area (Å²) >= 11 is 5.26. The normalized spacial score (nSPS) is 31.2. The van der Waals surface area contributed by atoms with E-state index < -0.39 is 0 Å². The third-order valence-electron chi connectivity index (χ3n) is 4.00. The largest absolute Gasteiger partial charge is 0.376 e. The molecule has 2 fully saturated rings. The molecule has 2 rings (SSSR count). The summed E-state index contributed by atoms with van der Waals surface area (Å²) in [6, 6.07) is 0. The molecule has 0 aromatic rings. The first-order chi connectivity index (χ1) is 9.44. The van der Waals surface area contributed by atoms with Gasteiger partial charge in [-0.3, -0.25) is 5.43 Å². The Kier molecular flexibility index (Phi) is 5.38. The topological polar surface area (TPSA) is 45.7 Å². The van der Waals surface area contributed by atoms with Crippen LogP contribution in [-0.4, -0.2) is 30.1 Å². The van der Waals surface area contributed by atoms with Gasteiger partial charge in [0.05, 0.1) is 6.10 Å². The van der Waals surface area contributed by atoms with Gasteiger partial charge in [0.25, 0.3) is 0 Å². The van der Waals surface area contributed by atoms with Crippen molar-refractivity contribution in [2.24, 2.45) is 16.4 Å². The molecule has 2 N–H and O–H groups in total. The van der Waals surface area contributed by atoms with Crippen molar-refractivity contribution >= 4 is 23.0 Å². The fourth-order valence-corrected chi connectivity index (χ4v) is 3.51. The number of nitrogens with zero attached hydrogens (tertiary/aromatic N) is 1. The van der Waals surface area contributed by atoms with Crippen molar-refractivity contribution in [2.45, 2.75) is 59.0 Å². The summed E-state index contributed by atoms with van der Waals surface area (Å²) in [5.41, 5.74) is 4.57. The van der Waals surface area contributed by atoms with Crippen molar-refractivity contribution in [3.05, 3.63) is 0 Å². The Hall–Kier alpha value is -0.680. The van der Waals surface area contributed by atoms with Crippen LogP contribution in [0.25, 0.3) is 0 Å². The number of nitrogens with one attached hydrogen (secondary N) is 2. The molecule has 0 aromatic carbocycles. The number of thiocarbonyl (C=S) groups is 1. The molecule has 0 aromatic heterocycles. The lowest BCUT2D eigenvalue weighted by Crippen LogP contribution is -2.38. The second kappa shape index (κ2) is 6.85. The van der Waals surface area contributed by atoms with Crippen LogP contribution in [0.15, 0.2) is 5.10 Å². The van der Waals surface area contributed by atoms with Crippen LogP contribution in [0.2, 0.25) is 0 Å². The van der Waals surface area contributed by atoms with E-state index in [-0.39, 0.29) is 0 Å². The van der Waals surface area contributed by atoms with Gasteiger partial charge in [-0.15, -0.1) is 0 Å². The van der Waals surface area contributed by atoms with E-state index in [2.05, 4.69) is 36.6 Å². The average Bonchev–Trinajstić information content (AvgIpc) is 2.84. The smallest absolute Gasteiger partial charge is 0.187 e. The third kappa shape index (κ3) is 5.02. The van der Waals surface area contributed by atoms with Gasteiger partial charge in [-0.05, 0) is 55.7 Å². The van der Waals surface area contributed by atoms with Crippen molar-refractivity contribution in [1.82, 2.24) is 10.7 Å². The fourth-order valence-electron chi connectivity index (χ4n) is 3.38. The minimum atomic E-state index is 0.302. The second-order valence-corrected chi connectivity index (χ2v) is 7.40. The lowest BCUT2D eigenvalue weighted by atomic mass is 9.72. The minimum Gasteiger partial charge on any atom is -0.376 e. The van der Waals surface area contributed by atoms with Gasteiger partial charge in [0, 0.05) is 18.9 Å². The number of hydrogen-bond acceptors (Lipinski definition) is 3. The molecule has 1 saturated heterocycles. The monoisotopic (exact) mass is 297 g/mol. The summed E-state index contributed by atoms with van der Waals surface area (Å²) in [7, 11) is 0. The van der Waals surface area contributed by atoms with Gasteiger partial charge in [0.15, 0.2) is 5.11 Å². The molecule has 1 aliphatic heterocycles. The first kappa shape index (κ1) is 15.7. The van der Waals surface area contributed by atoms with Crippen LogP contribution in [0.1, 0.15) is 52.9 Å². The van der Waals surface area contributed by atoms with Crippen molar-refractivity contribution in [2.75, 3.05) is 13.2 Å². The average molecular weight is 297 g/mol. The van der Waals surface area contributed by atoms with Crippen LogP contribution < -0.4 is 10.7 Å². The standard InChI is InChI=1S/C15H27N3OS/c1-11-7-12(9-15(2,3)8-11)17-18-14(20)16-10-13-5-4-6-19-13/h11,13H,4-10H2,1-3H3,(H2,16,18,20)/b17-12+/t11-,13-/m1/s1. The molecule has 5 heteroatoms. The lowest BCUT2D eigenvalue weighted by molar-refractivity contribution is 0.114. The zero-order valence-corrected chi connectivity index (χ0v) is 13.7. The maximum absolute atomic E-state index is 5.55. The number of ether oxygens (including phenoxy) is 1. The molecule has 114 valence electrons. The minimum absolute atomic E-state index is 0.302. The predicted molar refractivity (Wildman–Crippen MR) is 86.9 cm³/mol. The maximum atomic E-state index is 5.55. The third-order valence-corrected chi connectivity index (χ3v) is 4.23. The quantitative estimate of drug-likeness (QED) is 0.621. The molecule has 0 amide bonds. The highest BCUT2D eigenvalue weighted by Gasteiger charge is 2.29. The van der Waals surface area contributed by atoms with Crippen LogP contribution in [0.5, 0.6) is 0 Å². The van der Waals surface area contributed by atoms with Gasteiger partial charge in [0.1, 0.15) is 0 Å². The Morgan fingerprint density at radius 3 is 2.95 bits per heavy atom. The van der Waals surface area contributed by atoms with E-state index in [1.807, 2.05) is 0 Å². The summed E-state index contributed by atoms with van der Waals surface area (Å²) in [6.07, 6.45) is 5.98. The summed E-state index contributed by atoms with van der Waals surface area (Å²) in [5, 5.41) is 8.28. The van der Waals surface area contributed by atoms with Gasteiger partial charge in [-0.25, -0.2) is 0 Å². The van der Waals surface area contributed by atoms with Crippen molar-refractivity contribution in [3.8, 4) is 0 Å². The fraction of sp³-hybridized carbons (Fsp3) is 0.867. The van der Waals surface area contributed by atoms with Gasteiger partial charge in [0.2, 0.25) is 0 Å². The van der Waals surface area contributed by atoms with Crippen LogP contribution in [0, 0.1) is 11.3 Å². The van der Waals surface area contributed by atoms with Crippen LogP contribution in [0.4, 0.5) is 0 Å². The first-order valence-electron chi connectivity index (χ1n) is 7.65. The highest BCUT2D eigenvalue weighted by Crippen LogP contribution is 2.36. The van der Waals surface area contributed by atoms with E-state index in [0.29, 0.717) is 22.5 Å². The Balaban J connectivity index is 1.74. The van der Waals surface area contributed by atoms with Crippen LogP contribution >= 0.6 is 12.2 Å². The van der Waals surface area contributed by atoms with Crippen molar-refractivity contribution in [1.29, 1.82) is 0 Å². The van der Waals surface area contributed by atoms with E-state index in [9.17, 15) is 0 Å². The van der Waals surface area contributed by atoms with Crippen LogP contribution in [0.3, 0.4) is 0 Å². The highest BCUT2D eigenvalue weighted by atomic mass is 32.1. The lowest BCUT2D eigenvalue weighted by Gasteiger charge is -2.34. The molecule has 1 heterocycles. The van der Waals surface area contributed by atoms with E-state index in [1.165, 1.54) is 12.1 Å². The van der Waals surface area contributed by atoms with Crippen LogP contribution in [-0.2, 0) is 4.74 Å². The number of hydrogen-bond donors (Lipinski definition) is 2. The molecule has 4 nitrogen and oxygen atoms in total.